The first kappa shape index (κ1) is 22.0. The molecule has 1 aromatic heterocycles. The second kappa shape index (κ2) is 8.76. The molecule has 2 aromatic carbocycles. The number of nitrogens with one attached hydrogen (secondary N) is 1. The van der Waals surface area contributed by atoms with Gasteiger partial charge in [-0.1, -0.05) is 18.2 Å². The molecule has 0 aliphatic carbocycles. The van der Waals surface area contributed by atoms with Crippen molar-refractivity contribution in [2.24, 2.45) is 0 Å². The standard InChI is InChI=1S/C25H29N3O4/c1-16-23(17(2)28(27-16)18-9-7-6-8-10-18)21-12-11-19(30-5)13-22(21)24(29)26-14-20-15-31-25(3,4)32-20/h6-13,20H,14-15H2,1-5H3,(H,26,29). The van der Waals surface area contributed by atoms with Gasteiger partial charge in [0.1, 0.15) is 11.9 Å². The van der Waals surface area contributed by atoms with Gasteiger partial charge in [-0.2, -0.15) is 5.10 Å². The Labute approximate surface area is 188 Å². The average molecular weight is 436 g/mol. The van der Waals surface area contributed by atoms with Gasteiger partial charge in [0.25, 0.3) is 5.91 Å². The number of hydrogen-bond acceptors (Lipinski definition) is 5. The van der Waals surface area contributed by atoms with Crippen molar-refractivity contribution >= 4 is 5.91 Å². The maximum Gasteiger partial charge on any atom is 0.252 e. The van der Waals surface area contributed by atoms with E-state index in [1.165, 1.54) is 0 Å². The van der Waals surface area contributed by atoms with E-state index in [9.17, 15) is 4.79 Å². The molecule has 168 valence electrons. The molecular weight excluding hydrogens is 406 g/mol. The molecule has 1 N–H and O–H groups in total. The number of ether oxygens (including phenoxy) is 3. The Morgan fingerprint density at radius 3 is 2.62 bits per heavy atom. The molecule has 7 heteroatoms. The monoisotopic (exact) mass is 435 g/mol. The van der Waals surface area contributed by atoms with E-state index in [0.717, 1.165) is 28.2 Å². The van der Waals surface area contributed by atoms with Gasteiger partial charge in [-0.25, -0.2) is 4.68 Å². The molecule has 4 rings (SSSR count). The van der Waals surface area contributed by atoms with E-state index >= 15 is 0 Å². The van der Waals surface area contributed by atoms with E-state index in [4.69, 9.17) is 19.3 Å². The van der Waals surface area contributed by atoms with E-state index in [1.807, 2.05) is 74.8 Å². The van der Waals surface area contributed by atoms with Crippen LogP contribution >= 0.6 is 0 Å². The van der Waals surface area contributed by atoms with Crippen LogP contribution < -0.4 is 10.1 Å². The molecule has 0 spiro atoms. The summed E-state index contributed by atoms with van der Waals surface area (Å²) in [5.41, 5.74) is 5.05. The van der Waals surface area contributed by atoms with Crippen molar-refractivity contribution in [1.82, 2.24) is 15.1 Å². The predicted molar refractivity (Wildman–Crippen MR) is 122 cm³/mol. The van der Waals surface area contributed by atoms with E-state index in [-0.39, 0.29) is 12.0 Å². The van der Waals surface area contributed by atoms with Crippen LogP contribution in [0.3, 0.4) is 0 Å². The van der Waals surface area contributed by atoms with Crippen molar-refractivity contribution in [1.29, 1.82) is 0 Å². The lowest BCUT2D eigenvalue weighted by atomic mass is 9.97. The molecule has 32 heavy (non-hydrogen) atoms. The Kier molecular flexibility index (Phi) is 6.04. The number of carbonyl (C=O) groups is 1. The predicted octanol–water partition coefficient (Wildman–Crippen LogP) is 4.05. The molecule has 1 amide bonds. The zero-order valence-electron chi connectivity index (χ0n) is 19.1. The highest BCUT2D eigenvalue weighted by Gasteiger charge is 2.33. The number of hydrogen-bond donors (Lipinski definition) is 1. The third-order valence-electron chi connectivity index (χ3n) is 5.59. The molecule has 1 saturated heterocycles. The molecule has 0 radical (unpaired) electrons. The van der Waals surface area contributed by atoms with Crippen LogP contribution in [0.2, 0.25) is 0 Å². The third-order valence-corrected chi connectivity index (χ3v) is 5.59. The molecule has 0 saturated carbocycles. The fourth-order valence-corrected chi connectivity index (χ4v) is 4.07. The average Bonchev–Trinajstić information content (AvgIpc) is 3.29. The van der Waals surface area contributed by atoms with Crippen molar-refractivity contribution in [3.8, 4) is 22.6 Å². The molecular formula is C25H29N3O4. The maximum absolute atomic E-state index is 13.2. The van der Waals surface area contributed by atoms with E-state index < -0.39 is 5.79 Å². The van der Waals surface area contributed by atoms with Crippen molar-refractivity contribution < 1.29 is 19.0 Å². The maximum atomic E-state index is 13.2. The number of nitrogens with zero attached hydrogens (tertiary/aromatic N) is 2. The van der Waals surface area contributed by atoms with Gasteiger partial charge >= 0.3 is 0 Å². The number of carbonyl (C=O) groups excluding carboxylic acids is 1. The highest BCUT2D eigenvalue weighted by atomic mass is 16.7. The summed E-state index contributed by atoms with van der Waals surface area (Å²) in [7, 11) is 1.59. The first-order valence-electron chi connectivity index (χ1n) is 10.7. The SMILES string of the molecule is COc1ccc(-c2c(C)nn(-c3ccccc3)c2C)c(C(=O)NCC2COC(C)(C)O2)c1. The normalized spacial score (nSPS) is 17.3. The van der Waals surface area contributed by atoms with Crippen molar-refractivity contribution in [2.45, 2.75) is 39.6 Å². The number of aryl methyl sites for hydroxylation is 1. The quantitative estimate of drug-likeness (QED) is 0.632. The molecule has 1 fully saturated rings. The Morgan fingerprint density at radius 1 is 1.22 bits per heavy atom. The van der Waals surface area contributed by atoms with Gasteiger partial charge in [0, 0.05) is 17.8 Å². The Bertz CT molecular complexity index is 1120. The zero-order chi connectivity index (χ0) is 22.9. The van der Waals surface area contributed by atoms with Gasteiger partial charge in [0.05, 0.1) is 30.7 Å². The minimum absolute atomic E-state index is 0.188. The zero-order valence-corrected chi connectivity index (χ0v) is 19.1. The lowest BCUT2D eigenvalue weighted by Crippen LogP contribution is -2.34. The molecule has 7 nitrogen and oxygen atoms in total. The summed E-state index contributed by atoms with van der Waals surface area (Å²) >= 11 is 0. The van der Waals surface area contributed by atoms with Crippen molar-refractivity contribution in [3.05, 3.63) is 65.5 Å². The molecule has 2 heterocycles. The lowest BCUT2D eigenvalue weighted by molar-refractivity contribution is -0.137. The molecule has 3 aromatic rings. The molecule has 1 atom stereocenters. The Balaban J connectivity index is 1.67. The minimum atomic E-state index is -0.628. The summed E-state index contributed by atoms with van der Waals surface area (Å²) < 4.78 is 18.7. The van der Waals surface area contributed by atoms with Gasteiger partial charge < -0.3 is 19.5 Å². The lowest BCUT2D eigenvalue weighted by Gasteiger charge is -2.18. The van der Waals surface area contributed by atoms with Crippen LogP contribution in [0.25, 0.3) is 16.8 Å². The van der Waals surface area contributed by atoms with E-state index in [1.54, 1.807) is 13.2 Å². The van der Waals surface area contributed by atoms with Crippen LogP contribution in [0, 0.1) is 13.8 Å². The topological polar surface area (TPSA) is 74.6 Å². The highest BCUT2D eigenvalue weighted by molar-refractivity contribution is 6.02. The van der Waals surface area contributed by atoms with Gasteiger partial charge in [0.2, 0.25) is 0 Å². The first-order valence-corrected chi connectivity index (χ1v) is 10.7. The number of methoxy groups -OCH3 is 1. The fourth-order valence-electron chi connectivity index (χ4n) is 4.07. The number of para-hydroxylation sites is 1. The van der Waals surface area contributed by atoms with Crippen LogP contribution in [0.4, 0.5) is 0 Å². The second-order valence-electron chi connectivity index (χ2n) is 8.37. The second-order valence-corrected chi connectivity index (χ2v) is 8.37. The van der Waals surface area contributed by atoms with Crippen molar-refractivity contribution in [3.63, 3.8) is 0 Å². The smallest absolute Gasteiger partial charge is 0.252 e. The highest BCUT2D eigenvalue weighted by Crippen LogP contribution is 2.33. The van der Waals surface area contributed by atoms with Crippen LogP contribution in [0.15, 0.2) is 48.5 Å². The minimum Gasteiger partial charge on any atom is -0.497 e. The number of aromatic nitrogens is 2. The Hall–Kier alpha value is -3.16. The van der Waals surface area contributed by atoms with Crippen LogP contribution in [0.5, 0.6) is 5.75 Å². The van der Waals surface area contributed by atoms with Gasteiger partial charge in [-0.05, 0) is 63.6 Å². The summed E-state index contributed by atoms with van der Waals surface area (Å²) in [6, 6.07) is 15.5. The largest absolute Gasteiger partial charge is 0.497 e. The van der Waals surface area contributed by atoms with E-state index in [0.29, 0.717) is 24.5 Å². The molecule has 1 aliphatic heterocycles. The first-order chi connectivity index (χ1) is 15.3. The summed E-state index contributed by atoms with van der Waals surface area (Å²) in [4.78, 5) is 13.2. The number of rotatable bonds is 6. The Morgan fingerprint density at radius 2 is 1.97 bits per heavy atom. The third kappa shape index (κ3) is 4.40. The molecule has 1 unspecified atom stereocenters. The van der Waals surface area contributed by atoms with E-state index in [2.05, 4.69) is 5.32 Å². The summed E-state index contributed by atoms with van der Waals surface area (Å²) in [6.07, 6.45) is -0.188. The van der Waals surface area contributed by atoms with Gasteiger partial charge in [-0.3, -0.25) is 4.79 Å². The summed E-state index contributed by atoms with van der Waals surface area (Å²) in [6.45, 7) is 8.51. The number of benzene rings is 2. The summed E-state index contributed by atoms with van der Waals surface area (Å²) in [5.74, 6) is -0.207. The van der Waals surface area contributed by atoms with Crippen LogP contribution in [0.1, 0.15) is 35.6 Å². The molecule has 1 aliphatic rings. The van der Waals surface area contributed by atoms with Crippen LogP contribution in [-0.2, 0) is 9.47 Å². The van der Waals surface area contributed by atoms with Crippen molar-refractivity contribution in [2.75, 3.05) is 20.3 Å². The van der Waals surface area contributed by atoms with Gasteiger partial charge in [0.15, 0.2) is 5.79 Å². The molecule has 0 bridgehead atoms. The van der Waals surface area contributed by atoms with Gasteiger partial charge in [-0.15, -0.1) is 0 Å². The fraction of sp³-hybridized carbons (Fsp3) is 0.360. The summed E-state index contributed by atoms with van der Waals surface area (Å²) in [5, 5.41) is 7.73. The van der Waals surface area contributed by atoms with Crippen LogP contribution in [-0.4, -0.2) is 47.8 Å². The number of amides is 1.